The molecule has 206 valence electrons. The molecular formula is C30H42N4O4. The second-order valence-electron chi connectivity index (χ2n) is 10.6. The van der Waals surface area contributed by atoms with E-state index in [9.17, 15) is 14.4 Å². The van der Waals surface area contributed by atoms with Crippen molar-refractivity contribution in [3.63, 3.8) is 0 Å². The van der Waals surface area contributed by atoms with Crippen LogP contribution in [-0.2, 0) is 14.4 Å². The summed E-state index contributed by atoms with van der Waals surface area (Å²) in [6.07, 6.45) is 4.58. The molecular weight excluding hydrogens is 480 g/mol. The zero-order chi connectivity index (χ0) is 28.1. The van der Waals surface area contributed by atoms with E-state index < -0.39 is 29.4 Å². The van der Waals surface area contributed by atoms with Crippen molar-refractivity contribution in [1.82, 2.24) is 16.2 Å². The van der Waals surface area contributed by atoms with Crippen LogP contribution in [0.3, 0.4) is 0 Å². The van der Waals surface area contributed by atoms with Gasteiger partial charge in [0, 0.05) is 6.54 Å². The quantitative estimate of drug-likeness (QED) is 0.340. The molecule has 0 radical (unpaired) electrons. The normalized spacial score (nSPS) is 13.1. The Kier molecular flexibility index (Phi) is 12.0. The number of hydroxylamine groups is 1. The van der Waals surface area contributed by atoms with Crippen molar-refractivity contribution in [2.75, 3.05) is 11.6 Å². The Bertz CT molecular complexity index is 1050. The zero-order valence-corrected chi connectivity index (χ0v) is 23.4. The first kappa shape index (κ1) is 30.6. The maximum Gasteiger partial charge on any atom is 0.340 e. The number of carbonyl (C=O) groups excluding carboxylic acids is 3. The molecule has 2 aromatic rings. The number of allylic oxidation sites excluding steroid dienone is 1. The van der Waals surface area contributed by atoms with Crippen LogP contribution in [0.25, 0.3) is 6.08 Å². The summed E-state index contributed by atoms with van der Waals surface area (Å²) in [4.78, 5) is 45.6. The Hall–Kier alpha value is -3.65. The van der Waals surface area contributed by atoms with Crippen molar-refractivity contribution >= 4 is 29.6 Å². The lowest BCUT2D eigenvalue weighted by Crippen LogP contribution is -2.54. The van der Waals surface area contributed by atoms with Crippen molar-refractivity contribution in [2.45, 2.75) is 60.0 Å². The minimum absolute atomic E-state index is 0.123. The van der Waals surface area contributed by atoms with Gasteiger partial charge in [-0.1, -0.05) is 74.5 Å². The number of rotatable bonds is 11. The van der Waals surface area contributed by atoms with E-state index in [0.29, 0.717) is 25.1 Å². The molecule has 2 rings (SSSR count). The second-order valence-corrected chi connectivity index (χ2v) is 10.6. The molecule has 4 amide bonds. The van der Waals surface area contributed by atoms with Crippen molar-refractivity contribution < 1.29 is 19.2 Å². The maximum atomic E-state index is 13.8. The van der Waals surface area contributed by atoms with E-state index in [1.165, 1.54) is 5.01 Å². The minimum atomic E-state index is -0.730. The third-order valence-electron chi connectivity index (χ3n) is 5.61. The van der Waals surface area contributed by atoms with Crippen LogP contribution < -0.4 is 21.2 Å². The van der Waals surface area contributed by atoms with Crippen molar-refractivity contribution in [3.05, 3.63) is 72.3 Å². The SMILES string of the molecule is CCNC(=O)N(NC(=O)[C@@H](CC(C)C)[C@H](CC=Cc1ccccc1)C(=O)NOC(C)(C)C)c1ccccc1. The number of urea groups is 1. The van der Waals surface area contributed by atoms with Gasteiger partial charge in [0.05, 0.1) is 23.1 Å². The molecule has 0 aromatic heterocycles. The first-order valence-corrected chi connectivity index (χ1v) is 13.1. The van der Waals surface area contributed by atoms with Gasteiger partial charge in [-0.15, -0.1) is 0 Å². The maximum absolute atomic E-state index is 13.8. The number of nitrogens with zero attached hydrogens (tertiary/aromatic N) is 1. The number of anilines is 1. The largest absolute Gasteiger partial charge is 0.340 e. The highest BCUT2D eigenvalue weighted by molar-refractivity contribution is 5.96. The van der Waals surface area contributed by atoms with Crippen molar-refractivity contribution in [1.29, 1.82) is 0 Å². The van der Waals surface area contributed by atoms with Gasteiger partial charge in [-0.05, 0) is 64.2 Å². The Balaban J connectivity index is 2.38. The Morgan fingerprint density at radius 2 is 1.53 bits per heavy atom. The third-order valence-corrected chi connectivity index (χ3v) is 5.61. The highest BCUT2D eigenvalue weighted by atomic mass is 16.7. The van der Waals surface area contributed by atoms with Crippen LogP contribution in [0.15, 0.2) is 66.7 Å². The summed E-state index contributed by atoms with van der Waals surface area (Å²) in [6, 6.07) is 18.2. The van der Waals surface area contributed by atoms with Crippen molar-refractivity contribution in [2.24, 2.45) is 17.8 Å². The van der Waals surface area contributed by atoms with Gasteiger partial charge in [0.1, 0.15) is 0 Å². The molecule has 0 aliphatic rings. The van der Waals surface area contributed by atoms with Crippen LogP contribution in [0.4, 0.5) is 10.5 Å². The highest BCUT2D eigenvalue weighted by Crippen LogP contribution is 2.26. The van der Waals surface area contributed by atoms with Crippen LogP contribution >= 0.6 is 0 Å². The van der Waals surface area contributed by atoms with E-state index in [1.54, 1.807) is 31.2 Å². The van der Waals surface area contributed by atoms with E-state index in [1.807, 2.05) is 83.2 Å². The smallest absolute Gasteiger partial charge is 0.337 e. The number of hydrogen-bond acceptors (Lipinski definition) is 4. The molecule has 38 heavy (non-hydrogen) atoms. The van der Waals surface area contributed by atoms with Gasteiger partial charge in [0.25, 0.3) is 0 Å². The summed E-state index contributed by atoms with van der Waals surface area (Å²) in [6.45, 7) is 11.7. The Morgan fingerprint density at radius 3 is 2.08 bits per heavy atom. The number of amides is 4. The molecule has 0 saturated carbocycles. The van der Waals surface area contributed by atoms with E-state index in [0.717, 1.165) is 5.56 Å². The average Bonchev–Trinajstić information content (AvgIpc) is 2.88. The zero-order valence-electron chi connectivity index (χ0n) is 23.4. The van der Waals surface area contributed by atoms with E-state index in [-0.39, 0.29) is 11.8 Å². The summed E-state index contributed by atoms with van der Waals surface area (Å²) in [5.74, 6) is -2.14. The fourth-order valence-electron chi connectivity index (χ4n) is 3.84. The van der Waals surface area contributed by atoms with Gasteiger partial charge in [0.2, 0.25) is 11.8 Å². The summed E-state index contributed by atoms with van der Waals surface area (Å²) in [7, 11) is 0. The summed E-state index contributed by atoms with van der Waals surface area (Å²) in [5.41, 5.74) is 6.24. The van der Waals surface area contributed by atoms with Crippen LogP contribution in [0.5, 0.6) is 0 Å². The fraction of sp³-hybridized carbons (Fsp3) is 0.433. The monoisotopic (exact) mass is 522 g/mol. The lowest BCUT2D eigenvalue weighted by atomic mass is 9.82. The molecule has 0 bridgehead atoms. The Morgan fingerprint density at radius 1 is 0.921 bits per heavy atom. The number of benzene rings is 2. The second kappa shape index (κ2) is 14.9. The summed E-state index contributed by atoms with van der Waals surface area (Å²) >= 11 is 0. The van der Waals surface area contributed by atoms with Crippen LogP contribution in [0.1, 0.15) is 59.9 Å². The van der Waals surface area contributed by atoms with Gasteiger partial charge in [-0.3, -0.25) is 19.9 Å². The Labute approximate surface area is 226 Å². The third kappa shape index (κ3) is 10.4. The van der Waals surface area contributed by atoms with E-state index in [2.05, 4.69) is 16.2 Å². The van der Waals surface area contributed by atoms with Gasteiger partial charge in [-0.2, -0.15) is 0 Å². The van der Waals surface area contributed by atoms with Gasteiger partial charge < -0.3 is 5.32 Å². The molecule has 8 heteroatoms. The molecule has 0 heterocycles. The molecule has 0 spiro atoms. The molecule has 2 atom stereocenters. The topological polar surface area (TPSA) is 99.8 Å². The molecule has 8 nitrogen and oxygen atoms in total. The summed E-state index contributed by atoms with van der Waals surface area (Å²) < 4.78 is 0. The molecule has 0 fully saturated rings. The lowest BCUT2D eigenvalue weighted by molar-refractivity contribution is -0.153. The van der Waals surface area contributed by atoms with E-state index in [4.69, 9.17) is 4.84 Å². The number of nitrogens with one attached hydrogen (secondary N) is 3. The first-order chi connectivity index (χ1) is 18.0. The average molecular weight is 523 g/mol. The number of para-hydroxylation sites is 1. The van der Waals surface area contributed by atoms with Crippen LogP contribution in [0.2, 0.25) is 0 Å². The van der Waals surface area contributed by atoms with Crippen LogP contribution in [0, 0.1) is 17.8 Å². The van der Waals surface area contributed by atoms with Crippen LogP contribution in [-0.4, -0.2) is 30.0 Å². The highest BCUT2D eigenvalue weighted by Gasteiger charge is 2.36. The molecule has 2 aromatic carbocycles. The number of carbonyl (C=O) groups is 3. The number of hydrogen-bond donors (Lipinski definition) is 3. The van der Waals surface area contributed by atoms with Gasteiger partial charge >= 0.3 is 6.03 Å². The first-order valence-electron chi connectivity index (χ1n) is 13.1. The molecule has 0 saturated heterocycles. The van der Waals surface area contributed by atoms with Gasteiger partial charge in [0.15, 0.2) is 0 Å². The summed E-state index contributed by atoms with van der Waals surface area (Å²) in [5, 5.41) is 3.93. The molecule has 0 aliphatic heterocycles. The predicted octanol–water partition coefficient (Wildman–Crippen LogP) is 5.48. The lowest BCUT2D eigenvalue weighted by Gasteiger charge is -2.30. The fourth-order valence-corrected chi connectivity index (χ4v) is 3.84. The van der Waals surface area contributed by atoms with Crippen molar-refractivity contribution in [3.8, 4) is 0 Å². The molecule has 0 unspecified atom stereocenters. The van der Waals surface area contributed by atoms with Gasteiger partial charge in [-0.25, -0.2) is 15.3 Å². The predicted molar refractivity (Wildman–Crippen MR) is 152 cm³/mol. The molecule has 0 aliphatic carbocycles. The standard InChI is InChI=1S/C30H42N4O4/c1-7-31-29(37)34(24-18-12-9-13-19-24)32-27(35)26(21-22(2)3)25(28(36)33-38-30(4,5)6)20-14-17-23-15-10-8-11-16-23/h8-19,22,25-26H,7,20-21H2,1-6H3,(H,31,37)(H,32,35)(H,33,36)/t25-,26-/m0/s1. The minimum Gasteiger partial charge on any atom is -0.337 e. The number of hydrazine groups is 1. The molecule has 3 N–H and O–H groups in total. The van der Waals surface area contributed by atoms with E-state index >= 15 is 0 Å².